The van der Waals surface area contributed by atoms with Crippen LogP contribution in [0, 0.1) is 0 Å². The second-order valence-corrected chi connectivity index (χ2v) is 3.22. The zero-order valence-electron chi connectivity index (χ0n) is 5.03. The molecule has 2 rings (SSSR count). The maximum atomic E-state index is 10.8. The van der Waals surface area contributed by atoms with Crippen molar-refractivity contribution in [1.82, 2.24) is 4.90 Å². The predicted molar refractivity (Wildman–Crippen MR) is 36.6 cm³/mol. The van der Waals surface area contributed by atoms with Crippen LogP contribution < -0.4 is 0 Å². The Morgan fingerprint density at radius 3 is 3.10 bits per heavy atom. The molecule has 51 valence electrons. The molecule has 4 heteroatoms. The van der Waals surface area contributed by atoms with E-state index in [1.807, 2.05) is 0 Å². The molecule has 0 N–H and O–H groups in total. The van der Waals surface area contributed by atoms with Crippen LogP contribution in [0.5, 0.6) is 0 Å². The minimum absolute atomic E-state index is 0.0320. The standard InChI is InChI=1S/C6H4NO2S/c8-2-4-3-10-6-1-5(9)7(4)6/h3,6H,1H2/t6-/m1/s1. The average molecular weight is 154 g/mol. The van der Waals surface area contributed by atoms with Gasteiger partial charge in [0.05, 0.1) is 11.8 Å². The lowest BCUT2D eigenvalue weighted by atomic mass is 10.2. The van der Waals surface area contributed by atoms with Crippen molar-refractivity contribution in [3.63, 3.8) is 0 Å². The highest BCUT2D eigenvalue weighted by Crippen LogP contribution is 2.39. The van der Waals surface area contributed by atoms with Crippen molar-refractivity contribution in [2.24, 2.45) is 0 Å². The van der Waals surface area contributed by atoms with Gasteiger partial charge in [0.15, 0.2) is 0 Å². The molecule has 0 aromatic rings. The first-order valence-corrected chi connectivity index (χ1v) is 3.83. The van der Waals surface area contributed by atoms with E-state index in [1.165, 1.54) is 16.7 Å². The lowest BCUT2D eigenvalue weighted by molar-refractivity contribution is -0.137. The van der Waals surface area contributed by atoms with Gasteiger partial charge in [0, 0.05) is 5.41 Å². The molecule has 1 fully saturated rings. The fraction of sp³-hybridized carbons (Fsp3) is 0.333. The highest BCUT2D eigenvalue weighted by Gasteiger charge is 2.42. The molecular formula is C6H4NO2S. The third-order valence-corrected chi connectivity index (χ3v) is 2.66. The average Bonchev–Trinajstić information content (AvgIpc) is 2.25. The lowest BCUT2D eigenvalue weighted by Gasteiger charge is -2.33. The van der Waals surface area contributed by atoms with Crippen LogP contribution >= 0.6 is 11.8 Å². The maximum absolute atomic E-state index is 10.8. The van der Waals surface area contributed by atoms with Crippen molar-refractivity contribution in [3.05, 3.63) is 11.1 Å². The Balaban J connectivity index is 2.24. The van der Waals surface area contributed by atoms with Crippen molar-refractivity contribution < 1.29 is 9.59 Å². The SMILES string of the molecule is O=[C]C1=CS[C@@H]2CC(=O)N12. The molecule has 0 unspecified atom stereocenters. The number of nitrogens with zero attached hydrogens (tertiary/aromatic N) is 1. The lowest BCUT2D eigenvalue weighted by Crippen LogP contribution is -2.47. The minimum Gasteiger partial charge on any atom is -0.295 e. The summed E-state index contributed by atoms with van der Waals surface area (Å²) in [5.74, 6) is 0.0320. The van der Waals surface area contributed by atoms with Crippen LogP contribution in [0.15, 0.2) is 11.1 Å². The summed E-state index contributed by atoms with van der Waals surface area (Å²) in [4.78, 5) is 22.4. The third-order valence-electron chi connectivity index (χ3n) is 1.61. The van der Waals surface area contributed by atoms with E-state index in [0.717, 1.165) is 0 Å². The second kappa shape index (κ2) is 1.85. The third kappa shape index (κ3) is 0.568. The Labute approximate surface area is 62.1 Å². The molecule has 1 saturated heterocycles. The van der Waals surface area contributed by atoms with Gasteiger partial charge in [0.2, 0.25) is 5.91 Å². The number of carbonyl (C=O) groups is 1. The van der Waals surface area contributed by atoms with Gasteiger partial charge in [0.1, 0.15) is 5.70 Å². The van der Waals surface area contributed by atoms with Gasteiger partial charge in [0.25, 0.3) is 6.29 Å². The Bertz CT molecular complexity index is 236. The normalized spacial score (nSPS) is 29.2. The number of hydrogen-bond acceptors (Lipinski definition) is 3. The van der Waals surface area contributed by atoms with Crippen molar-refractivity contribution in [1.29, 1.82) is 0 Å². The van der Waals surface area contributed by atoms with Crippen LogP contribution in [0.25, 0.3) is 0 Å². The van der Waals surface area contributed by atoms with Gasteiger partial charge < -0.3 is 0 Å². The number of β-lactam (4-membered cyclic amide) rings is 1. The van der Waals surface area contributed by atoms with Gasteiger partial charge in [-0.25, -0.2) is 0 Å². The minimum atomic E-state index is 0.0320. The van der Waals surface area contributed by atoms with Gasteiger partial charge in [-0.3, -0.25) is 14.5 Å². The van der Waals surface area contributed by atoms with E-state index in [9.17, 15) is 9.59 Å². The van der Waals surface area contributed by atoms with Crippen molar-refractivity contribution in [3.8, 4) is 0 Å². The van der Waals surface area contributed by atoms with Crippen LogP contribution in [0.1, 0.15) is 6.42 Å². The van der Waals surface area contributed by atoms with Crippen molar-refractivity contribution >= 4 is 24.0 Å². The summed E-state index contributed by atoms with van der Waals surface area (Å²) < 4.78 is 0. The summed E-state index contributed by atoms with van der Waals surface area (Å²) in [6.07, 6.45) is 2.28. The number of rotatable bonds is 1. The molecule has 0 bridgehead atoms. The van der Waals surface area contributed by atoms with Crippen molar-refractivity contribution in [2.45, 2.75) is 11.8 Å². The van der Waals surface area contributed by atoms with Gasteiger partial charge >= 0.3 is 0 Å². The number of carbonyl (C=O) groups excluding carboxylic acids is 2. The highest BCUT2D eigenvalue weighted by molar-refractivity contribution is 8.03. The highest BCUT2D eigenvalue weighted by atomic mass is 32.2. The smallest absolute Gasteiger partial charge is 0.252 e. The van der Waals surface area contributed by atoms with E-state index in [0.29, 0.717) is 12.1 Å². The molecule has 2 aliphatic rings. The molecule has 1 atom stereocenters. The monoisotopic (exact) mass is 154 g/mol. The predicted octanol–water partition coefficient (Wildman–Crippen LogP) is 0.243. The van der Waals surface area contributed by atoms with E-state index >= 15 is 0 Å². The molecule has 3 nitrogen and oxygen atoms in total. The van der Waals surface area contributed by atoms with Gasteiger partial charge in [-0.2, -0.15) is 0 Å². The largest absolute Gasteiger partial charge is 0.295 e. The molecule has 2 aliphatic heterocycles. The molecule has 0 aromatic carbocycles. The zero-order chi connectivity index (χ0) is 7.14. The molecule has 1 radical (unpaired) electrons. The summed E-state index contributed by atoms with van der Waals surface area (Å²) in [6, 6.07) is 0. The first-order chi connectivity index (χ1) is 4.83. The van der Waals surface area contributed by atoms with Gasteiger partial charge in [-0.1, -0.05) is 0 Å². The number of fused-ring (bicyclic) bond motifs is 1. The number of amides is 1. The topological polar surface area (TPSA) is 37.4 Å². The number of thioether (sulfide) groups is 1. The van der Waals surface area contributed by atoms with E-state index in [2.05, 4.69) is 0 Å². The van der Waals surface area contributed by atoms with Crippen LogP contribution in [-0.2, 0) is 9.59 Å². The number of allylic oxidation sites excluding steroid dienone is 1. The fourth-order valence-corrected chi connectivity index (χ4v) is 2.10. The summed E-state index contributed by atoms with van der Waals surface area (Å²) in [6.45, 7) is 0. The molecule has 0 aliphatic carbocycles. The Morgan fingerprint density at radius 2 is 2.60 bits per heavy atom. The van der Waals surface area contributed by atoms with Gasteiger partial charge in [-0.15, -0.1) is 11.8 Å². The Hall–Kier alpha value is -0.770. The first kappa shape index (κ1) is 5.97. The first-order valence-electron chi connectivity index (χ1n) is 2.89. The molecule has 1 amide bonds. The van der Waals surface area contributed by atoms with E-state index in [-0.39, 0.29) is 11.3 Å². The summed E-state index contributed by atoms with van der Waals surface area (Å²) in [5, 5.41) is 1.88. The van der Waals surface area contributed by atoms with Crippen LogP contribution in [0.3, 0.4) is 0 Å². The summed E-state index contributed by atoms with van der Waals surface area (Å²) in [7, 11) is 0. The van der Waals surface area contributed by atoms with Crippen LogP contribution in [0.4, 0.5) is 0 Å². The van der Waals surface area contributed by atoms with Crippen LogP contribution in [-0.4, -0.2) is 22.5 Å². The molecule has 0 saturated carbocycles. The summed E-state index contributed by atoms with van der Waals surface area (Å²) >= 11 is 1.51. The van der Waals surface area contributed by atoms with E-state index in [4.69, 9.17) is 0 Å². The van der Waals surface area contributed by atoms with E-state index < -0.39 is 0 Å². The van der Waals surface area contributed by atoms with Gasteiger partial charge in [-0.05, 0) is 0 Å². The van der Waals surface area contributed by atoms with Crippen molar-refractivity contribution in [2.75, 3.05) is 0 Å². The Morgan fingerprint density at radius 1 is 1.80 bits per heavy atom. The second-order valence-electron chi connectivity index (χ2n) is 2.16. The maximum Gasteiger partial charge on any atom is 0.252 e. The Kier molecular flexibility index (Phi) is 1.11. The van der Waals surface area contributed by atoms with Crippen LogP contribution in [0.2, 0.25) is 0 Å². The zero-order valence-corrected chi connectivity index (χ0v) is 5.85. The molecular weight excluding hydrogens is 150 g/mol. The molecule has 10 heavy (non-hydrogen) atoms. The molecule has 0 aromatic heterocycles. The fourth-order valence-electron chi connectivity index (χ4n) is 1.06. The summed E-state index contributed by atoms with van der Waals surface area (Å²) in [5.41, 5.74) is 0.395. The molecule has 0 spiro atoms. The van der Waals surface area contributed by atoms with E-state index in [1.54, 1.807) is 11.7 Å². The molecule has 2 heterocycles. The number of hydrogen-bond donors (Lipinski definition) is 0. The quantitative estimate of drug-likeness (QED) is 0.508.